The van der Waals surface area contributed by atoms with Crippen molar-refractivity contribution in [1.82, 2.24) is 0 Å². The van der Waals surface area contributed by atoms with Crippen LogP contribution in [0.1, 0.15) is 33.6 Å². The van der Waals surface area contributed by atoms with Crippen LogP contribution in [0.3, 0.4) is 0 Å². The maximum absolute atomic E-state index is 11.5. The molecule has 1 rings (SSSR count). The van der Waals surface area contributed by atoms with E-state index in [0.717, 1.165) is 0 Å². The van der Waals surface area contributed by atoms with E-state index in [-0.39, 0.29) is 11.9 Å². The third-order valence-corrected chi connectivity index (χ3v) is 2.43. The number of carbonyl (C=O) groups is 1. The number of hydrogen-bond acceptors (Lipinski definition) is 4. The minimum atomic E-state index is -0.845. The predicted octanol–water partition coefficient (Wildman–Crippen LogP) is 1.95. The highest BCUT2D eigenvalue weighted by molar-refractivity contribution is 5.88. The van der Waals surface area contributed by atoms with E-state index in [1.807, 2.05) is 13.8 Å². The highest BCUT2D eigenvalue weighted by Gasteiger charge is 2.40. The van der Waals surface area contributed by atoms with Gasteiger partial charge in [-0.25, -0.2) is 4.79 Å². The summed E-state index contributed by atoms with van der Waals surface area (Å²) in [7, 11) is 1.48. The summed E-state index contributed by atoms with van der Waals surface area (Å²) in [6, 6.07) is 0. The van der Waals surface area contributed by atoms with Gasteiger partial charge in [0.25, 0.3) is 11.7 Å². The molecule has 0 spiro atoms. The van der Waals surface area contributed by atoms with Gasteiger partial charge in [0.05, 0.1) is 7.11 Å². The van der Waals surface area contributed by atoms with Crippen molar-refractivity contribution in [3.63, 3.8) is 0 Å². The Morgan fingerprint density at radius 3 is 2.29 bits per heavy atom. The SMILES string of the molecule is CCC1(CC)OC(=O)C(C)=C(OC)O1. The van der Waals surface area contributed by atoms with E-state index in [1.54, 1.807) is 6.92 Å². The number of rotatable bonds is 3. The standard InChI is InChI=1S/C10H16O4/c1-5-10(6-2)13-8(11)7(3)9(12-4)14-10/h5-6H2,1-4H3. The van der Waals surface area contributed by atoms with Crippen LogP contribution in [-0.4, -0.2) is 18.9 Å². The van der Waals surface area contributed by atoms with Crippen LogP contribution >= 0.6 is 0 Å². The summed E-state index contributed by atoms with van der Waals surface area (Å²) in [4.78, 5) is 11.5. The van der Waals surface area contributed by atoms with E-state index in [9.17, 15) is 4.79 Å². The van der Waals surface area contributed by atoms with Crippen LogP contribution in [-0.2, 0) is 19.0 Å². The molecule has 1 aliphatic rings. The molecule has 0 radical (unpaired) electrons. The molecule has 0 fully saturated rings. The highest BCUT2D eigenvalue weighted by atomic mass is 16.8. The van der Waals surface area contributed by atoms with Crippen LogP contribution in [0.15, 0.2) is 11.5 Å². The Morgan fingerprint density at radius 2 is 1.86 bits per heavy atom. The van der Waals surface area contributed by atoms with Crippen LogP contribution in [0.4, 0.5) is 0 Å². The number of cyclic esters (lactones) is 1. The smallest absolute Gasteiger partial charge is 0.344 e. The lowest BCUT2D eigenvalue weighted by Crippen LogP contribution is -2.41. The Balaban J connectivity index is 2.98. The number of hydrogen-bond donors (Lipinski definition) is 0. The zero-order valence-corrected chi connectivity index (χ0v) is 9.05. The molecular formula is C10H16O4. The highest BCUT2D eigenvalue weighted by Crippen LogP contribution is 2.32. The van der Waals surface area contributed by atoms with E-state index in [1.165, 1.54) is 7.11 Å². The maximum atomic E-state index is 11.5. The van der Waals surface area contributed by atoms with Crippen LogP contribution in [0, 0.1) is 0 Å². The molecule has 1 heterocycles. The lowest BCUT2D eigenvalue weighted by atomic mass is 10.1. The number of ether oxygens (including phenoxy) is 3. The summed E-state index contributed by atoms with van der Waals surface area (Å²) < 4.78 is 15.7. The molecule has 0 atom stereocenters. The van der Waals surface area contributed by atoms with Crippen molar-refractivity contribution in [3.8, 4) is 0 Å². The molecule has 1 aliphatic heterocycles. The molecule has 0 aromatic rings. The second-order valence-corrected chi connectivity index (χ2v) is 3.23. The van der Waals surface area contributed by atoms with Crippen LogP contribution in [0.25, 0.3) is 0 Å². The minimum Gasteiger partial charge on any atom is -0.468 e. The molecule has 0 aliphatic carbocycles. The molecule has 0 amide bonds. The summed E-state index contributed by atoms with van der Waals surface area (Å²) in [5.74, 6) is -0.941. The number of methoxy groups -OCH3 is 1. The predicted molar refractivity (Wildman–Crippen MR) is 50.2 cm³/mol. The van der Waals surface area contributed by atoms with Crippen molar-refractivity contribution in [3.05, 3.63) is 11.5 Å². The molecule has 14 heavy (non-hydrogen) atoms. The molecule has 0 saturated carbocycles. The Kier molecular flexibility index (Phi) is 3.03. The third kappa shape index (κ3) is 1.69. The summed E-state index contributed by atoms with van der Waals surface area (Å²) in [5, 5.41) is 0. The van der Waals surface area contributed by atoms with Gasteiger partial charge in [-0.2, -0.15) is 0 Å². The van der Waals surface area contributed by atoms with Crippen molar-refractivity contribution in [2.75, 3.05) is 7.11 Å². The van der Waals surface area contributed by atoms with Crippen molar-refractivity contribution in [2.45, 2.75) is 39.4 Å². The van der Waals surface area contributed by atoms with Gasteiger partial charge in [0.15, 0.2) is 0 Å². The van der Waals surface area contributed by atoms with Gasteiger partial charge < -0.3 is 14.2 Å². The molecule has 0 unspecified atom stereocenters. The first-order valence-corrected chi connectivity index (χ1v) is 4.75. The first-order valence-electron chi connectivity index (χ1n) is 4.75. The lowest BCUT2D eigenvalue weighted by molar-refractivity contribution is -0.243. The van der Waals surface area contributed by atoms with E-state index >= 15 is 0 Å². The fourth-order valence-corrected chi connectivity index (χ4v) is 1.33. The normalized spacial score (nSPS) is 20.1. The first-order chi connectivity index (χ1) is 6.58. The zero-order valence-electron chi connectivity index (χ0n) is 9.05. The van der Waals surface area contributed by atoms with Gasteiger partial charge >= 0.3 is 5.97 Å². The van der Waals surface area contributed by atoms with E-state index in [4.69, 9.17) is 14.2 Å². The Labute approximate surface area is 83.8 Å². The summed E-state index contributed by atoms with van der Waals surface area (Å²) in [5.41, 5.74) is 0.380. The largest absolute Gasteiger partial charge is 0.468 e. The number of carbonyl (C=O) groups excluding carboxylic acids is 1. The summed E-state index contributed by atoms with van der Waals surface area (Å²) >= 11 is 0. The molecule has 4 heteroatoms. The van der Waals surface area contributed by atoms with Crippen molar-refractivity contribution < 1.29 is 19.0 Å². The van der Waals surface area contributed by atoms with Crippen LogP contribution < -0.4 is 0 Å². The Hall–Kier alpha value is -1.19. The summed E-state index contributed by atoms with van der Waals surface area (Å²) in [6.45, 7) is 5.44. The van der Waals surface area contributed by atoms with Gasteiger partial charge in [-0.1, -0.05) is 13.8 Å². The molecule has 4 nitrogen and oxygen atoms in total. The average molecular weight is 200 g/mol. The van der Waals surface area contributed by atoms with Gasteiger partial charge in [-0.05, 0) is 6.92 Å². The third-order valence-electron chi connectivity index (χ3n) is 2.43. The quantitative estimate of drug-likeness (QED) is 0.653. The number of esters is 1. The van der Waals surface area contributed by atoms with Crippen LogP contribution in [0.2, 0.25) is 0 Å². The van der Waals surface area contributed by atoms with Gasteiger partial charge in [-0.3, -0.25) is 0 Å². The Bertz CT molecular complexity index is 263. The van der Waals surface area contributed by atoms with E-state index in [0.29, 0.717) is 18.4 Å². The van der Waals surface area contributed by atoms with Gasteiger partial charge in [-0.15, -0.1) is 0 Å². The zero-order chi connectivity index (χ0) is 10.8. The maximum Gasteiger partial charge on any atom is 0.344 e. The Morgan fingerprint density at radius 1 is 1.29 bits per heavy atom. The molecule has 80 valence electrons. The van der Waals surface area contributed by atoms with Crippen molar-refractivity contribution in [2.24, 2.45) is 0 Å². The van der Waals surface area contributed by atoms with Gasteiger partial charge in [0.1, 0.15) is 5.57 Å². The van der Waals surface area contributed by atoms with Gasteiger partial charge in [0.2, 0.25) is 0 Å². The molecule has 0 aromatic heterocycles. The topological polar surface area (TPSA) is 44.8 Å². The second-order valence-electron chi connectivity index (χ2n) is 3.23. The molecule has 0 saturated heterocycles. The fraction of sp³-hybridized carbons (Fsp3) is 0.700. The van der Waals surface area contributed by atoms with E-state index in [2.05, 4.69) is 0 Å². The van der Waals surface area contributed by atoms with Crippen LogP contribution in [0.5, 0.6) is 0 Å². The summed E-state index contributed by atoms with van der Waals surface area (Å²) in [6.07, 6.45) is 1.21. The van der Waals surface area contributed by atoms with Crippen molar-refractivity contribution in [1.29, 1.82) is 0 Å². The monoisotopic (exact) mass is 200 g/mol. The van der Waals surface area contributed by atoms with E-state index < -0.39 is 5.79 Å². The molecule has 0 aromatic carbocycles. The fourth-order valence-electron chi connectivity index (χ4n) is 1.33. The molecule has 0 bridgehead atoms. The second kappa shape index (κ2) is 3.90. The molecular weight excluding hydrogens is 184 g/mol. The average Bonchev–Trinajstić information content (AvgIpc) is 2.22. The van der Waals surface area contributed by atoms with Gasteiger partial charge in [0, 0.05) is 12.8 Å². The molecule has 0 N–H and O–H groups in total. The van der Waals surface area contributed by atoms with Crippen molar-refractivity contribution >= 4 is 5.97 Å². The minimum absolute atomic E-state index is 0.268. The first kappa shape index (κ1) is 10.9. The lowest BCUT2D eigenvalue weighted by Gasteiger charge is -2.35.